The normalized spacial score (nSPS) is 12.5. The highest BCUT2D eigenvalue weighted by atomic mass is 79.9. The van der Waals surface area contributed by atoms with Crippen molar-refractivity contribution in [2.24, 2.45) is 0 Å². The Hall–Kier alpha value is -0.350. The number of hydrogen-bond acceptors (Lipinski definition) is 1. The number of aliphatic hydroxyl groups excluding tert-OH is 1. The molecule has 0 aliphatic heterocycles. The van der Waals surface area contributed by atoms with Gasteiger partial charge in [-0.05, 0) is 54.8 Å². The van der Waals surface area contributed by atoms with Gasteiger partial charge < -0.3 is 5.11 Å². The van der Waals surface area contributed by atoms with Crippen LogP contribution in [0.3, 0.4) is 0 Å². The molecule has 0 amide bonds. The fraction of sp³-hybridized carbons (Fsp3) is 0.200. The predicted molar refractivity (Wildman–Crippen MR) is 86.8 cm³/mol. The summed E-state index contributed by atoms with van der Waals surface area (Å²) in [6.07, 6.45) is -0.695. The van der Waals surface area contributed by atoms with E-state index in [9.17, 15) is 5.11 Å². The molecule has 0 radical (unpaired) electrons. The zero-order chi connectivity index (χ0) is 14.2. The van der Waals surface area contributed by atoms with Crippen LogP contribution >= 0.6 is 43.5 Å². The van der Waals surface area contributed by atoms with Crippen molar-refractivity contribution in [1.29, 1.82) is 0 Å². The zero-order valence-electron chi connectivity index (χ0n) is 10.5. The fourth-order valence-electron chi connectivity index (χ4n) is 1.99. The molecule has 1 N–H and O–H groups in total. The molecule has 0 heterocycles. The first-order chi connectivity index (χ1) is 8.90. The van der Waals surface area contributed by atoms with Gasteiger partial charge in [0, 0.05) is 19.5 Å². The largest absolute Gasteiger partial charge is 0.384 e. The van der Waals surface area contributed by atoms with E-state index in [4.69, 9.17) is 11.6 Å². The molecule has 100 valence electrons. The first-order valence-corrected chi connectivity index (χ1v) is 7.76. The minimum absolute atomic E-state index is 0.615. The average Bonchev–Trinajstić information content (AvgIpc) is 2.36. The molecule has 19 heavy (non-hydrogen) atoms. The maximum atomic E-state index is 10.6. The third-order valence-corrected chi connectivity index (χ3v) is 4.91. The van der Waals surface area contributed by atoms with Crippen LogP contribution in [-0.4, -0.2) is 5.11 Å². The highest BCUT2D eigenvalue weighted by molar-refractivity contribution is 9.10. The summed E-state index contributed by atoms with van der Waals surface area (Å²) in [5.41, 5.74) is 3.80. The molecule has 0 aromatic heterocycles. The van der Waals surface area contributed by atoms with Crippen LogP contribution in [-0.2, 0) is 0 Å². The molecule has 1 unspecified atom stereocenters. The van der Waals surface area contributed by atoms with E-state index in [2.05, 4.69) is 31.9 Å². The Labute approximate surface area is 134 Å². The van der Waals surface area contributed by atoms with E-state index < -0.39 is 6.10 Å². The van der Waals surface area contributed by atoms with Crippen LogP contribution in [0.5, 0.6) is 0 Å². The Morgan fingerprint density at radius 1 is 0.947 bits per heavy atom. The van der Waals surface area contributed by atoms with Gasteiger partial charge in [-0.2, -0.15) is 0 Å². The van der Waals surface area contributed by atoms with Crippen molar-refractivity contribution in [3.63, 3.8) is 0 Å². The van der Waals surface area contributed by atoms with Crippen molar-refractivity contribution in [2.75, 3.05) is 0 Å². The van der Waals surface area contributed by atoms with E-state index in [1.165, 1.54) is 0 Å². The van der Waals surface area contributed by atoms with Crippen molar-refractivity contribution >= 4 is 43.5 Å². The molecule has 0 aliphatic carbocycles. The lowest BCUT2D eigenvalue weighted by Crippen LogP contribution is -2.04. The topological polar surface area (TPSA) is 20.2 Å². The summed E-state index contributed by atoms with van der Waals surface area (Å²) in [7, 11) is 0. The molecule has 0 bridgehead atoms. The van der Waals surface area contributed by atoms with Gasteiger partial charge in [-0.3, -0.25) is 0 Å². The van der Waals surface area contributed by atoms with Gasteiger partial charge in [0.05, 0.1) is 0 Å². The second-order valence-corrected chi connectivity index (χ2v) is 6.67. The molecule has 1 atom stereocenters. The van der Waals surface area contributed by atoms with Crippen LogP contribution in [0.4, 0.5) is 0 Å². The highest BCUT2D eigenvalue weighted by Crippen LogP contribution is 2.34. The third kappa shape index (κ3) is 3.22. The molecule has 1 nitrogen and oxygen atoms in total. The number of rotatable bonds is 2. The second-order valence-electron chi connectivity index (χ2n) is 4.53. The molecule has 2 aromatic rings. The summed E-state index contributed by atoms with van der Waals surface area (Å²) in [6, 6.07) is 9.44. The van der Waals surface area contributed by atoms with Gasteiger partial charge in [-0.25, -0.2) is 0 Å². The van der Waals surface area contributed by atoms with E-state index >= 15 is 0 Å². The standard InChI is InChI=1S/C15H13Br2ClO/c1-8-6-14(17)9(2)5-11(8)15(19)12-7-10(18)3-4-13(12)16/h3-7,15,19H,1-2H3. The SMILES string of the molecule is Cc1cc(C(O)c2cc(Cl)ccc2Br)c(C)cc1Br. The minimum atomic E-state index is -0.695. The van der Waals surface area contributed by atoms with Crippen molar-refractivity contribution in [3.8, 4) is 0 Å². The summed E-state index contributed by atoms with van der Waals surface area (Å²) in [4.78, 5) is 0. The van der Waals surface area contributed by atoms with Gasteiger partial charge in [-0.1, -0.05) is 49.5 Å². The van der Waals surface area contributed by atoms with Gasteiger partial charge >= 0.3 is 0 Å². The summed E-state index contributed by atoms with van der Waals surface area (Å²) >= 11 is 13.0. The summed E-state index contributed by atoms with van der Waals surface area (Å²) in [5, 5.41) is 11.2. The van der Waals surface area contributed by atoms with Gasteiger partial charge in [0.25, 0.3) is 0 Å². The monoisotopic (exact) mass is 402 g/mol. The molecule has 2 aromatic carbocycles. The minimum Gasteiger partial charge on any atom is -0.384 e. The average molecular weight is 405 g/mol. The molecule has 0 saturated carbocycles. The predicted octanol–water partition coefficient (Wildman–Crippen LogP) is 5.56. The van der Waals surface area contributed by atoms with Gasteiger partial charge in [0.15, 0.2) is 0 Å². The highest BCUT2D eigenvalue weighted by Gasteiger charge is 2.17. The number of aryl methyl sites for hydroxylation is 2. The summed E-state index contributed by atoms with van der Waals surface area (Å²) in [6.45, 7) is 3.99. The molecule has 4 heteroatoms. The maximum absolute atomic E-state index is 10.6. The van der Waals surface area contributed by atoms with Crippen LogP contribution in [0.2, 0.25) is 5.02 Å². The Balaban J connectivity index is 2.52. The molecule has 0 saturated heterocycles. The van der Waals surface area contributed by atoms with E-state index in [-0.39, 0.29) is 0 Å². The molecule has 0 spiro atoms. The van der Waals surface area contributed by atoms with E-state index in [0.717, 1.165) is 31.2 Å². The van der Waals surface area contributed by atoms with Crippen LogP contribution in [0, 0.1) is 13.8 Å². The van der Waals surface area contributed by atoms with E-state index in [0.29, 0.717) is 5.02 Å². The summed E-state index contributed by atoms with van der Waals surface area (Å²) in [5.74, 6) is 0. The zero-order valence-corrected chi connectivity index (χ0v) is 14.5. The number of benzene rings is 2. The fourth-order valence-corrected chi connectivity index (χ4v) is 3.09. The van der Waals surface area contributed by atoms with E-state index in [1.54, 1.807) is 12.1 Å². The van der Waals surface area contributed by atoms with E-state index in [1.807, 2.05) is 32.0 Å². The lowest BCUT2D eigenvalue weighted by Gasteiger charge is -2.17. The summed E-state index contributed by atoms with van der Waals surface area (Å²) < 4.78 is 1.90. The second kappa shape index (κ2) is 5.96. The van der Waals surface area contributed by atoms with Gasteiger partial charge in [-0.15, -0.1) is 0 Å². The van der Waals surface area contributed by atoms with Crippen LogP contribution in [0.1, 0.15) is 28.4 Å². The first-order valence-electron chi connectivity index (χ1n) is 5.80. The lowest BCUT2D eigenvalue weighted by atomic mass is 9.96. The third-order valence-electron chi connectivity index (χ3n) is 3.09. The van der Waals surface area contributed by atoms with Crippen molar-refractivity contribution in [1.82, 2.24) is 0 Å². The Kier molecular flexibility index (Phi) is 4.72. The number of halogens is 3. The lowest BCUT2D eigenvalue weighted by molar-refractivity contribution is 0.218. The van der Waals surface area contributed by atoms with Crippen molar-refractivity contribution < 1.29 is 5.11 Å². The maximum Gasteiger partial charge on any atom is 0.105 e. The molecule has 0 fully saturated rings. The van der Waals surface area contributed by atoms with Gasteiger partial charge in [0.2, 0.25) is 0 Å². The van der Waals surface area contributed by atoms with Crippen LogP contribution < -0.4 is 0 Å². The smallest absolute Gasteiger partial charge is 0.105 e. The van der Waals surface area contributed by atoms with Gasteiger partial charge in [0.1, 0.15) is 6.10 Å². The molecular weight excluding hydrogens is 391 g/mol. The number of aliphatic hydroxyl groups is 1. The molecule has 2 rings (SSSR count). The number of hydrogen-bond donors (Lipinski definition) is 1. The van der Waals surface area contributed by atoms with Crippen molar-refractivity contribution in [3.05, 3.63) is 66.6 Å². The van der Waals surface area contributed by atoms with Crippen LogP contribution in [0.25, 0.3) is 0 Å². The molecular formula is C15H13Br2ClO. The Bertz CT molecular complexity index is 626. The first kappa shape index (κ1) is 15.0. The van der Waals surface area contributed by atoms with Crippen LogP contribution in [0.15, 0.2) is 39.3 Å². The Morgan fingerprint density at radius 2 is 1.63 bits per heavy atom. The molecule has 0 aliphatic rings. The quantitative estimate of drug-likeness (QED) is 0.694. The van der Waals surface area contributed by atoms with Crippen molar-refractivity contribution in [2.45, 2.75) is 20.0 Å². The Morgan fingerprint density at radius 3 is 2.32 bits per heavy atom.